The zero-order chi connectivity index (χ0) is 19.7. The number of ether oxygens (including phenoxy) is 3. The molecule has 0 unspecified atom stereocenters. The summed E-state index contributed by atoms with van der Waals surface area (Å²) in [7, 11) is 1.45. The van der Waals surface area contributed by atoms with Crippen LogP contribution in [0.4, 0.5) is 13.2 Å². The Hall–Kier alpha value is -1.98. The fourth-order valence-corrected chi connectivity index (χ4v) is 3.57. The van der Waals surface area contributed by atoms with E-state index in [4.69, 9.17) is 14.2 Å². The van der Waals surface area contributed by atoms with Crippen molar-refractivity contribution in [1.29, 1.82) is 0 Å². The number of carbonyl (C=O) groups is 1. The van der Waals surface area contributed by atoms with Crippen molar-refractivity contribution in [2.75, 3.05) is 13.7 Å². The molecule has 3 rings (SSSR count). The maximum absolute atomic E-state index is 13.5. The van der Waals surface area contributed by atoms with Gasteiger partial charge in [0.2, 0.25) is 0 Å². The number of aromatic nitrogens is 3. The molecule has 1 aromatic carbocycles. The second-order valence-electron chi connectivity index (χ2n) is 5.86. The highest BCUT2D eigenvalue weighted by molar-refractivity contribution is 9.09. The van der Waals surface area contributed by atoms with Crippen molar-refractivity contribution in [2.45, 2.75) is 30.2 Å². The number of hydrogen-bond donors (Lipinski definition) is 0. The number of methoxy groups -OCH3 is 1. The molecule has 1 fully saturated rings. The SMILES string of the molecule is CO[C@@H]1[C@@H](n2cc(-c3cc(F)c(F)c(F)c3)nn2)[C@@H](OC(C)=O)CO[C@@H]1Br. The number of alkyl halides is 1. The van der Waals surface area contributed by atoms with Crippen molar-refractivity contribution in [3.63, 3.8) is 0 Å². The van der Waals surface area contributed by atoms with E-state index >= 15 is 0 Å². The molecule has 7 nitrogen and oxygen atoms in total. The van der Waals surface area contributed by atoms with E-state index in [1.54, 1.807) is 0 Å². The number of rotatable bonds is 4. The summed E-state index contributed by atoms with van der Waals surface area (Å²) in [5, 5.41) is 7.35. The van der Waals surface area contributed by atoms with Gasteiger partial charge in [-0.3, -0.25) is 4.79 Å². The minimum atomic E-state index is -1.56. The number of esters is 1. The van der Waals surface area contributed by atoms with Crippen LogP contribution in [0.2, 0.25) is 0 Å². The Morgan fingerprint density at radius 1 is 1.33 bits per heavy atom. The zero-order valence-electron chi connectivity index (χ0n) is 14.2. The molecular weight excluding hydrogens is 435 g/mol. The van der Waals surface area contributed by atoms with Gasteiger partial charge in [0.1, 0.15) is 22.9 Å². The Balaban J connectivity index is 1.97. The minimum Gasteiger partial charge on any atom is -0.458 e. The molecule has 2 heterocycles. The largest absolute Gasteiger partial charge is 0.458 e. The van der Waals surface area contributed by atoms with Crippen LogP contribution >= 0.6 is 15.9 Å². The second kappa shape index (κ2) is 7.95. The van der Waals surface area contributed by atoms with E-state index in [-0.39, 0.29) is 17.9 Å². The van der Waals surface area contributed by atoms with E-state index in [0.29, 0.717) is 0 Å². The highest BCUT2D eigenvalue weighted by Gasteiger charge is 2.43. The Kier molecular flexibility index (Phi) is 5.82. The van der Waals surface area contributed by atoms with Gasteiger partial charge in [-0.1, -0.05) is 21.1 Å². The maximum atomic E-state index is 13.5. The van der Waals surface area contributed by atoms with Gasteiger partial charge in [-0.15, -0.1) is 5.10 Å². The Morgan fingerprint density at radius 3 is 2.59 bits per heavy atom. The molecule has 27 heavy (non-hydrogen) atoms. The van der Waals surface area contributed by atoms with Crippen LogP contribution in [0.5, 0.6) is 0 Å². The summed E-state index contributed by atoms with van der Waals surface area (Å²) in [6.07, 6.45) is 0.0847. The van der Waals surface area contributed by atoms with Gasteiger partial charge < -0.3 is 14.2 Å². The monoisotopic (exact) mass is 449 g/mol. The fraction of sp³-hybridized carbons (Fsp3) is 0.438. The molecule has 0 spiro atoms. The normalized spacial score (nSPS) is 25.4. The standard InChI is InChI=1S/C16H15BrF3N3O4/c1-7(24)27-12-6-26-16(17)15(25-2)14(12)23-5-11(21-22-23)8-3-9(18)13(20)10(19)4-8/h3-5,12,14-16H,6H2,1-2H3/t12-,14-,15+,16-/m0/s1. The average Bonchev–Trinajstić information content (AvgIpc) is 3.09. The second-order valence-corrected chi connectivity index (χ2v) is 6.76. The van der Waals surface area contributed by atoms with Crippen LogP contribution in [0.1, 0.15) is 13.0 Å². The van der Waals surface area contributed by atoms with Crippen molar-refractivity contribution in [3.05, 3.63) is 35.8 Å². The number of nitrogens with zero attached hydrogens (tertiary/aromatic N) is 3. The summed E-state index contributed by atoms with van der Waals surface area (Å²) < 4.78 is 57.7. The summed E-state index contributed by atoms with van der Waals surface area (Å²) in [6, 6.07) is 1.02. The zero-order valence-corrected chi connectivity index (χ0v) is 15.8. The first-order valence-electron chi connectivity index (χ1n) is 7.84. The minimum absolute atomic E-state index is 0.0121. The molecule has 0 N–H and O–H groups in total. The summed E-state index contributed by atoms with van der Waals surface area (Å²) in [4.78, 5) is 11.4. The van der Waals surface area contributed by atoms with Crippen LogP contribution in [0.25, 0.3) is 11.3 Å². The third kappa shape index (κ3) is 3.99. The predicted octanol–water partition coefficient (Wildman–Crippen LogP) is 2.60. The number of benzene rings is 1. The summed E-state index contributed by atoms with van der Waals surface area (Å²) in [5.41, 5.74) is 0.125. The van der Waals surface area contributed by atoms with Crippen molar-refractivity contribution < 1.29 is 32.2 Å². The molecule has 0 radical (unpaired) electrons. The van der Waals surface area contributed by atoms with E-state index in [9.17, 15) is 18.0 Å². The predicted molar refractivity (Wildman–Crippen MR) is 89.4 cm³/mol. The van der Waals surface area contributed by atoms with Crippen LogP contribution in [-0.4, -0.2) is 51.9 Å². The number of carbonyl (C=O) groups excluding carboxylic acids is 1. The molecule has 0 saturated carbocycles. The van der Waals surface area contributed by atoms with Crippen LogP contribution in [0, 0.1) is 17.5 Å². The van der Waals surface area contributed by atoms with Crippen LogP contribution in [0.15, 0.2) is 18.3 Å². The Morgan fingerprint density at radius 2 is 2.00 bits per heavy atom. The topological polar surface area (TPSA) is 75.5 Å². The third-order valence-corrected chi connectivity index (χ3v) is 4.87. The summed E-state index contributed by atoms with van der Waals surface area (Å²) in [5.74, 6) is -4.75. The van der Waals surface area contributed by atoms with Gasteiger partial charge in [0.05, 0.1) is 12.8 Å². The van der Waals surface area contributed by atoms with Gasteiger partial charge in [-0.25, -0.2) is 17.9 Å². The Labute approximate surface area is 160 Å². The highest BCUT2D eigenvalue weighted by Crippen LogP contribution is 2.33. The van der Waals surface area contributed by atoms with E-state index in [2.05, 4.69) is 26.2 Å². The van der Waals surface area contributed by atoms with E-state index in [1.807, 2.05) is 0 Å². The van der Waals surface area contributed by atoms with Gasteiger partial charge >= 0.3 is 5.97 Å². The lowest BCUT2D eigenvalue weighted by Crippen LogP contribution is -2.50. The van der Waals surface area contributed by atoms with Crippen molar-refractivity contribution in [3.8, 4) is 11.3 Å². The molecule has 1 saturated heterocycles. The van der Waals surface area contributed by atoms with Gasteiger partial charge in [-0.2, -0.15) is 0 Å². The van der Waals surface area contributed by atoms with Crippen molar-refractivity contribution in [2.24, 2.45) is 0 Å². The van der Waals surface area contributed by atoms with Gasteiger partial charge in [0.25, 0.3) is 0 Å². The van der Waals surface area contributed by atoms with E-state index in [1.165, 1.54) is 24.9 Å². The fourth-order valence-electron chi connectivity index (χ4n) is 2.89. The lowest BCUT2D eigenvalue weighted by atomic mass is 10.0. The smallest absolute Gasteiger partial charge is 0.303 e. The summed E-state index contributed by atoms with van der Waals surface area (Å²) in [6.45, 7) is 1.34. The maximum Gasteiger partial charge on any atom is 0.303 e. The van der Waals surface area contributed by atoms with Crippen molar-refractivity contribution in [1.82, 2.24) is 15.0 Å². The molecule has 4 atom stereocenters. The average molecular weight is 450 g/mol. The quantitative estimate of drug-likeness (QED) is 0.405. The van der Waals surface area contributed by atoms with Crippen molar-refractivity contribution >= 4 is 21.9 Å². The first-order chi connectivity index (χ1) is 12.8. The van der Waals surface area contributed by atoms with E-state index in [0.717, 1.165) is 12.1 Å². The van der Waals surface area contributed by atoms with E-state index < -0.39 is 46.7 Å². The van der Waals surface area contributed by atoms with Gasteiger partial charge in [-0.05, 0) is 12.1 Å². The molecule has 0 amide bonds. The molecule has 1 aromatic heterocycles. The number of hydrogen-bond acceptors (Lipinski definition) is 6. The first-order valence-corrected chi connectivity index (χ1v) is 8.75. The molecular formula is C16H15BrF3N3O4. The lowest BCUT2D eigenvalue weighted by molar-refractivity contribution is -0.174. The Bertz CT molecular complexity index is 827. The summed E-state index contributed by atoms with van der Waals surface area (Å²) >= 11 is 3.34. The first kappa shape index (κ1) is 19.8. The van der Waals surface area contributed by atoms with Crippen LogP contribution < -0.4 is 0 Å². The van der Waals surface area contributed by atoms with Gasteiger partial charge in [0.15, 0.2) is 23.6 Å². The molecule has 0 bridgehead atoms. The number of halogens is 4. The molecule has 1 aliphatic rings. The van der Waals surface area contributed by atoms with Gasteiger partial charge in [0, 0.05) is 19.6 Å². The molecule has 2 aromatic rings. The molecule has 11 heteroatoms. The van der Waals surface area contributed by atoms with Crippen LogP contribution in [-0.2, 0) is 19.0 Å². The molecule has 0 aliphatic carbocycles. The third-order valence-electron chi connectivity index (χ3n) is 4.08. The lowest BCUT2D eigenvalue weighted by Gasteiger charge is -2.38. The molecule has 1 aliphatic heterocycles. The molecule has 146 valence electrons. The van der Waals surface area contributed by atoms with Crippen LogP contribution in [0.3, 0.4) is 0 Å². The highest BCUT2D eigenvalue weighted by atomic mass is 79.9.